The highest BCUT2D eigenvalue weighted by Gasteiger charge is 2.25. The highest BCUT2D eigenvalue weighted by molar-refractivity contribution is 6.01. The van der Waals surface area contributed by atoms with Gasteiger partial charge in [0.05, 0.1) is 7.11 Å². The molecule has 35 heavy (non-hydrogen) atoms. The molecule has 6 heteroatoms. The van der Waals surface area contributed by atoms with Gasteiger partial charge in [-0.25, -0.2) is 0 Å². The molecule has 0 saturated heterocycles. The number of esters is 1. The van der Waals surface area contributed by atoms with Gasteiger partial charge >= 0.3 is 5.97 Å². The number of carbonyl (C=O) groups is 2. The van der Waals surface area contributed by atoms with Crippen LogP contribution in [0.15, 0.2) is 84.4 Å². The number of hydrogen-bond acceptors (Lipinski definition) is 5. The molecule has 0 saturated carbocycles. The van der Waals surface area contributed by atoms with Gasteiger partial charge in [-0.3, -0.25) is 9.59 Å². The number of amides is 1. The zero-order valence-corrected chi connectivity index (χ0v) is 19.9. The van der Waals surface area contributed by atoms with Gasteiger partial charge in [0.15, 0.2) is 11.5 Å². The summed E-state index contributed by atoms with van der Waals surface area (Å²) in [7, 11) is 1.47. The zero-order valence-electron chi connectivity index (χ0n) is 19.9. The molecule has 3 aromatic carbocycles. The summed E-state index contributed by atoms with van der Waals surface area (Å²) in [6.07, 6.45) is 3.26. The first-order chi connectivity index (χ1) is 17.1. The number of benzene rings is 3. The van der Waals surface area contributed by atoms with Gasteiger partial charge in [-0.05, 0) is 41.3 Å². The van der Waals surface area contributed by atoms with E-state index in [4.69, 9.17) is 9.47 Å². The maximum absolute atomic E-state index is 13.3. The molecule has 0 unspecified atom stereocenters. The van der Waals surface area contributed by atoms with Gasteiger partial charge in [-0.15, -0.1) is 0 Å². The molecule has 1 N–H and O–H groups in total. The molecule has 3 rings (SSSR count). The number of unbranched alkanes of at least 4 members (excludes halogenated alkanes) is 1. The Morgan fingerprint density at radius 1 is 0.971 bits per heavy atom. The Hall–Kier alpha value is -4.37. The molecule has 0 aliphatic heterocycles. The Balaban J connectivity index is 1.85. The van der Waals surface area contributed by atoms with Gasteiger partial charge in [0.2, 0.25) is 0 Å². The van der Waals surface area contributed by atoms with Crippen molar-refractivity contribution in [3.8, 4) is 17.6 Å². The maximum atomic E-state index is 13.3. The van der Waals surface area contributed by atoms with Crippen LogP contribution in [0.3, 0.4) is 0 Å². The Morgan fingerprint density at radius 2 is 1.60 bits per heavy atom. The fraction of sp³-hybridized carbons (Fsp3) is 0.207. The lowest BCUT2D eigenvalue weighted by Gasteiger charge is -2.18. The van der Waals surface area contributed by atoms with Gasteiger partial charge in [0.25, 0.3) is 5.91 Å². The van der Waals surface area contributed by atoms with Crippen LogP contribution in [0.25, 0.3) is 6.08 Å². The molecule has 0 bridgehead atoms. The predicted octanol–water partition coefficient (Wildman–Crippen LogP) is 5.26. The first-order valence-electron chi connectivity index (χ1n) is 11.5. The zero-order chi connectivity index (χ0) is 25.0. The number of nitriles is 1. The van der Waals surface area contributed by atoms with Crippen molar-refractivity contribution in [2.24, 2.45) is 0 Å². The smallest absolute Gasteiger partial charge is 0.323 e. The summed E-state index contributed by atoms with van der Waals surface area (Å²) in [4.78, 5) is 25.6. The second-order valence-electron chi connectivity index (χ2n) is 7.87. The van der Waals surface area contributed by atoms with E-state index in [2.05, 4.69) is 5.32 Å². The topological polar surface area (TPSA) is 88.4 Å². The van der Waals surface area contributed by atoms with Crippen LogP contribution in [0.4, 0.5) is 0 Å². The van der Waals surface area contributed by atoms with E-state index < -0.39 is 17.8 Å². The van der Waals surface area contributed by atoms with Crippen molar-refractivity contribution in [2.75, 3.05) is 13.7 Å². The van der Waals surface area contributed by atoms with Gasteiger partial charge in [-0.2, -0.15) is 5.26 Å². The Morgan fingerprint density at radius 3 is 2.14 bits per heavy atom. The fourth-order valence-corrected chi connectivity index (χ4v) is 3.57. The molecule has 0 aromatic heterocycles. The van der Waals surface area contributed by atoms with Crippen LogP contribution < -0.4 is 14.8 Å². The van der Waals surface area contributed by atoms with Crippen LogP contribution in [0, 0.1) is 11.3 Å². The molecule has 0 aliphatic carbocycles. The summed E-state index contributed by atoms with van der Waals surface area (Å²) in [6.45, 7) is 2.53. The van der Waals surface area contributed by atoms with E-state index >= 15 is 0 Å². The van der Waals surface area contributed by atoms with Gasteiger partial charge in [0.1, 0.15) is 17.6 Å². The number of carbonyl (C=O) groups excluding carboxylic acids is 2. The lowest BCUT2D eigenvalue weighted by Crippen LogP contribution is -2.25. The summed E-state index contributed by atoms with van der Waals surface area (Å²) in [6, 6.07) is 25.7. The second kappa shape index (κ2) is 12.8. The van der Waals surface area contributed by atoms with Crippen LogP contribution in [0.5, 0.6) is 11.5 Å². The van der Waals surface area contributed by atoms with Gasteiger partial charge in [0, 0.05) is 6.54 Å². The molecule has 0 spiro atoms. The van der Waals surface area contributed by atoms with Crippen molar-refractivity contribution in [3.05, 3.63) is 101 Å². The van der Waals surface area contributed by atoms with Crippen LogP contribution >= 0.6 is 0 Å². The molecule has 6 nitrogen and oxygen atoms in total. The summed E-state index contributed by atoms with van der Waals surface area (Å²) in [5.41, 5.74) is 2.19. The number of methoxy groups -OCH3 is 1. The highest BCUT2D eigenvalue weighted by Crippen LogP contribution is 2.32. The summed E-state index contributed by atoms with van der Waals surface area (Å²) < 4.78 is 11.2. The van der Waals surface area contributed by atoms with Crippen LogP contribution in [-0.4, -0.2) is 25.5 Å². The molecule has 0 aliphatic rings. The van der Waals surface area contributed by atoms with E-state index in [1.54, 1.807) is 18.2 Å². The molecule has 0 heterocycles. The minimum Gasteiger partial charge on any atom is -0.493 e. The van der Waals surface area contributed by atoms with Crippen molar-refractivity contribution in [1.82, 2.24) is 5.32 Å². The van der Waals surface area contributed by atoms with Crippen molar-refractivity contribution >= 4 is 18.0 Å². The Bertz CT molecular complexity index is 1170. The van der Waals surface area contributed by atoms with E-state index in [-0.39, 0.29) is 11.3 Å². The summed E-state index contributed by atoms with van der Waals surface area (Å²) in [5.74, 6) is -0.923. The predicted molar refractivity (Wildman–Crippen MR) is 135 cm³/mol. The Kier molecular flexibility index (Phi) is 9.21. The standard InChI is InChI=1S/C29H28N2O4/c1-3-4-17-31-28(32)24(20-30)18-21-15-16-25(26(19-21)34-2)35-29(33)27(22-11-7-5-8-12-22)23-13-9-6-10-14-23/h5-16,18-19,27H,3-4,17H2,1-2H3,(H,31,32)/b24-18+. The summed E-state index contributed by atoms with van der Waals surface area (Å²) >= 11 is 0. The van der Waals surface area contributed by atoms with E-state index in [1.165, 1.54) is 13.2 Å². The van der Waals surface area contributed by atoms with Crippen molar-refractivity contribution < 1.29 is 19.1 Å². The van der Waals surface area contributed by atoms with Gasteiger partial charge < -0.3 is 14.8 Å². The largest absolute Gasteiger partial charge is 0.493 e. The molecule has 0 fully saturated rings. The molecule has 3 aromatic rings. The average molecular weight is 469 g/mol. The van der Waals surface area contributed by atoms with Crippen LogP contribution in [-0.2, 0) is 9.59 Å². The van der Waals surface area contributed by atoms with E-state index in [9.17, 15) is 14.9 Å². The van der Waals surface area contributed by atoms with Gasteiger partial charge in [-0.1, -0.05) is 80.1 Å². The fourth-order valence-electron chi connectivity index (χ4n) is 3.57. The third-order valence-corrected chi connectivity index (χ3v) is 5.39. The first-order valence-corrected chi connectivity index (χ1v) is 11.5. The number of ether oxygens (including phenoxy) is 2. The molecular weight excluding hydrogens is 440 g/mol. The summed E-state index contributed by atoms with van der Waals surface area (Å²) in [5, 5.41) is 12.1. The third kappa shape index (κ3) is 6.81. The molecule has 0 atom stereocenters. The maximum Gasteiger partial charge on any atom is 0.323 e. The van der Waals surface area contributed by atoms with Crippen LogP contribution in [0.1, 0.15) is 42.4 Å². The molecule has 178 valence electrons. The SMILES string of the molecule is CCCCNC(=O)/C(C#N)=C/c1ccc(OC(=O)C(c2ccccc2)c2ccccc2)c(OC)c1. The number of rotatable bonds is 10. The molecule has 1 amide bonds. The monoisotopic (exact) mass is 468 g/mol. The normalized spacial score (nSPS) is 11.0. The number of nitrogens with zero attached hydrogens (tertiary/aromatic N) is 1. The second-order valence-corrected chi connectivity index (χ2v) is 7.87. The average Bonchev–Trinajstić information content (AvgIpc) is 2.89. The molecule has 0 radical (unpaired) electrons. The lowest BCUT2D eigenvalue weighted by atomic mass is 9.91. The van der Waals surface area contributed by atoms with Crippen molar-refractivity contribution in [3.63, 3.8) is 0 Å². The first kappa shape index (κ1) is 25.3. The van der Waals surface area contributed by atoms with Crippen molar-refractivity contribution in [2.45, 2.75) is 25.7 Å². The van der Waals surface area contributed by atoms with Crippen molar-refractivity contribution in [1.29, 1.82) is 5.26 Å². The number of nitrogens with one attached hydrogen (secondary N) is 1. The van der Waals surface area contributed by atoms with E-state index in [0.717, 1.165) is 24.0 Å². The quantitative estimate of drug-likeness (QED) is 0.144. The highest BCUT2D eigenvalue weighted by atomic mass is 16.6. The lowest BCUT2D eigenvalue weighted by molar-refractivity contribution is -0.135. The Labute approximate surface area is 205 Å². The third-order valence-electron chi connectivity index (χ3n) is 5.39. The van der Waals surface area contributed by atoms with E-state index in [0.29, 0.717) is 17.9 Å². The minimum absolute atomic E-state index is 0.0129. The van der Waals surface area contributed by atoms with Crippen LogP contribution in [0.2, 0.25) is 0 Å². The minimum atomic E-state index is -0.612. The van der Waals surface area contributed by atoms with E-state index in [1.807, 2.05) is 73.7 Å². The number of hydrogen-bond donors (Lipinski definition) is 1. The molecular formula is C29H28N2O4.